The van der Waals surface area contributed by atoms with Crippen molar-refractivity contribution < 1.29 is 14.6 Å². The van der Waals surface area contributed by atoms with E-state index in [1.54, 1.807) is 14.0 Å². The van der Waals surface area contributed by atoms with Crippen LogP contribution in [0.5, 0.6) is 5.75 Å². The van der Waals surface area contributed by atoms with E-state index in [4.69, 9.17) is 9.84 Å². The van der Waals surface area contributed by atoms with Crippen molar-refractivity contribution in [2.75, 3.05) is 7.11 Å². The summed E-state index contributed by atoms with van der Waals surface area (Å²) in [5.74, 6) is -0.282. The van der Waals surface area contributed by atoms with E-state index in [0.29, 0.717) is 0 Å². The third-order valence-corrected chi connectivity index (χ3v) is 3.38. The van der Waals surface area contributed by atoms with Gasteiger partial charge in [0.15, 0.2) is 0 Å². The van der Waals surface area contributed by atoms with Gasteiger partial charge in [0.25, 0.3) is 0 Å². The topological polar surface area (TPSA) is 46.5 Å². The summed E-state index contributed by atoms with van der Waals surface area (Å²) in [5, 5.41) is 9.04. The highest BCUT2D eigenvalue weighted by Gasteiger charge is 2.19. The number of rotatable bonds is 4. The molecule has 0 fully saturated rings. The Morgan fingerprint density at radius 2 is 1.94 bits per heavy atom. The van der Waals surface area contributed by atoms with Gasteiger partial charge >= 0.3 is 5.97 Å². The van der Waals surface area contributed by atoms with Gasteiger partial charge in [0, 0.05) is 0 Å². The molecule has 0 amide bonds. The smallest absolute Gasteiger partial charge is 0.310 e. The van der Waals surface area contributed by atoms with Crippen LogP contribution in [0.2, 0.25) is 0 Å². The molecule has 0 aliphatic heterocycles. The number of hydrogen-bond acceptors (Lipinski definition) is 2. The number of methoxy groups -OCH3 is 1. The van der Waals surface area contributed by atoms with Crippen molar-refractivity contribution in [1.29, 1.82) is 0 Å². The molecule has 94 valence electrons. The van der Waals surface area contributed by atoms with Crippen molar-refractivity contribution in [3.8, 4) is 5.75 Å². The van der Waals surface area contributed by atoms with Gasteiger partial charge in [-0.15, -0.1) is 0 Å². The first-order chi connectivity index (χ1) is 7.88. The molecule has 0 aliphatic carbocycles. The Morgan fingerprint density at radius 3 is 2.35 bits per heavy atom. The molecule has 0 aliphatic rings. The van der Waals surface area contributed by atoms with E-state index in [0.717, 1.165) is 21.3 Å². The summed E-state index contributed by atoms with van der Waals surface area (Å²) in [6, 6.07) is 3.72. The highest BCUT2D eigenvalue weighted by molar-refractivity contribution is 9.10. The maximum absolute atomic E-state index is 11.0. The molecule has 1 rings (SSSR count). The van der Waals surface area contributed by atoms with Crippen molar-refractivity contribution in [3.05, 3.63) is 27.7 Å². The molecule has 0 heterocycles. The minimum Gasteiger partial charge on any atom is -0.495 e. The van der Waals surface area contributed by atoms with Gasteiger partial charge in [-0.25, -0.2) is 0 Å². The maximum atomic E-state index is 11.0. The van der Waals surface area contributed by atoms with Crippen LogP contribution in [0.1, 0.15) is 43.7 Å². The molecule has 0 bridgehead atoms. The normalized spacial score (nSPS) is 12.6. The molecular formula is C13H17BrO3. The number of halogens is 1. The average molecular weight is 301 g/mol. The van der Waals surface area contributed by atoms with Gasteiger partial charge < -0.3 is 9.84 Å². The largest absolute Gasteiger partial charge is 0.495 e. The zero-order valence-corrected chi connectivity index (χ0v) is 12.0. The van der Waals surface area contributed by atoms with Crippen LogP contribution >= 0.6 is 15.9 Å². The lowest BCUT2D eigenvalue weighted by atomic mass is 9.94. The summed E-state index contributed by atoms with van der Waals surface area (Å²) in [6.07, 6.45) is 0. The van der Waals surface area contributed by atoms with Gasteiger partial charge in [0.2, 0.25) is 0 Å². The van der Waals surface area contributed by atoms with E-state index in [-0.39, 0.29) is 5.92 Å². The lowest BCUT2D eigenvalue weighted by Gasteiger charge is -2.17. The predicted molar refractivity (Wildman–Crippen MR) is 70.8 cm³/mol. The molecule has 1 atom stereocenters. The monoisotopic (exact) mass is 300 g/mol. The van der Waals surface area contributed by atoms with Crippen molar-refractivity contribution in [1.82, 2.24) is 0 Å². The molecule has 17 heavy (non-hydrogen) atoms. The molecule has 0 spiro atoms. The van der Waals surface area contributed by atoms with Crippen molar-refractivity contribution >= 4 is 21.9 Å². The molecule has 0 aromatic heterocycles. The molecule has 0 radical (unpaired) electrons. The van der Waals surface area contributed by atoms with E-state index in [1.807, 2.05) is 12.1 Å². The fraction of sp³-hybridized carbons (Fsp3) is 0.462. The van der Waals surface area contributed by atoms with Gasteiger partial charge in [-0.3, -0.25) is 4.79 Å². The lowest BCUT2D eigenvalue weighted by Crippen LogP contribution is -2.08. The van der Waals surface area contributed by atoms with Gasteiger partial charge in [-0.05, 0) is 46.0 Å². The van der Waals surface area contributed by atoms with Crippen LogP contribution in [0.15, 0.2) is 16.6 Å². The number of carbonyl (C=O) groups is 1. The number of aliphatic carboxylic acids is 1. The van der Waals surface area contributed by atoms with Crippen LogP contribution in [0.3, 0.4) is 0 Å². The van der Waals surface area contributed by atoms with E-state index < -0.39 is 11.9 Å². The summed E-state index contributed by atoms with van der Waals surface area (Å²) >= 11 is 3.43. The Hall–Kier alpha value is -1.03. The van der Waals surface area contributed by atoms with E-state index in [1.165, 1.54) is 0 Å². The van der Waals surface area contributed by atoms with Crippen molar-refractivity contribution in [3.63, 3.8) is 0 Å². The van der Waals surface area contributed by atoms with E-state index in [9.17, 15) is 4.79 Å². The molecule has 1 aromatic carbocycles. The Labute approximate surface area is 110 Å². The number of carboxylic acids is 1. The summed E-state index contributed by atoms with van der Waals surface area (Å²) in [5.41, 5.74) is 1.80. The molecule has 1 unspecified atom stereocenters. The van der Waals surface area contributed by atoms with Crippen molar-refractivity contribution in [2.45, 2.75) is 32.6 Å². The molecular weight excluding hydrogens is 284 g/mol. The van der Waals surface area contributed by atoms with Crippen LogP contribution in [-0.2, 0) is 4.79 Å². The Morgan fingerprint density at radius 1 is 1.35 bits per heavy atom. The van der Waals surface area contributed by atoms with Gasteiger partial charge in [0.1, 0.15) is 5.75 Å². The summed E-state index contributed by atoms with van der Waals surface area (Å²) < 4.78 is 6.14. The average Bonchev–Trinajstić information content (AvgIpc) is 2.26. The van der Waals surface area contributed by atoms with E-state index in [2.05, 4.69) is 29.8 Å². The Balaban J connectivity index is 3.33. The molecule has 1 aromatic rings. The predicted octanol–water partition coefficient (Wildman–Crippen LogP) is 3.77. The van der Waals surface area contributed by atoms with Crippen molar-refractivity contribution in [2.24, 2.45) is 0 Å². The number of benzene rings is 1. The standard InChI is InChI=1S/C13H17BrO3/c1-7(2)10-5-9(8(3)13(15)16)6-11(14)12(10)17-4/h5-8H,1-4H3,(H,15,16). The van der Waals surface area contributed by atoms with Crippen LogP contribution in [0.4, 0.5) is 0 Å². The SMILES string of the molecule is COc1c(Br)cc(C(C)C(=O)O)cc1C(C)C. The Bertz CT molecular complexity index is 427. The summed E-state index contributed by atoms with van der Waals surface area (Å²) in [6.45, 7) is 5.79. The summed E-state index contributed by atoms with van der Waals surface area (Å²) in [4.78, 5) is 11.0. The third kappa shape index (κ3) is 3.00. The van der Waals surface area contributed by atoms with Crippen LogP contribution in [-0.4, -0.2) is 18.2 Å². The second kappa shape index (κ2) is 5.54. The van der Waals surface area contributed by atoms with Crippen LogP contribution < -0.4 is 4.74 Å². The quantitative estimate of drug-likeness (QED) is 0.921. The Kier molecular flexibility index (Phi) is 4.57. The number of carboxylic acid groups (broad SMARTS) is 1. The molecule has 3 nitrogen and oxygen atoms in total. The minimum absolute atomic E-state index is 0.280. The van der Waals surface area contributed by atoms with Gasteiger partial charge in [-0.1, -0.05) is 19.9 Å². The lowest BCUT2D eigenvalue weighted by molar-refractivity contribution is -0.138. The van der Waals surface area contributed by atoms with Crippen LogP contribution in [0.25, 0.3) is 0 Å². The van der Waals surface area contributed by atoms with E-state index >= 15 is 0 Å². The fourth-order valence-corrected chi connectivity index (χ4v) is 2.33. The van der Waals surface area contributed by atoms with Crippen LogP contribution in [0, 0.1) is 0 Å². The third-order valence-electron chi connectivity index (χ3n) is 2.79. The first-order valence-electron chi connectivity index (χ1n) is 5.48. The first-order valence-corrected chi connectivity index (χ1v) is 6.27. The minimum atomic E-state index is -0.822. The number of hydrogen-bond donors (Lipinski definition) is 1. The maximum Gasteiger partial charge on any atom is 0.310 e. The second-order valence-corrected chi connectivity index (χ2v) is 5.19. The zero-order chi connectivity index (χ0) is 13.2. The van der Waals surface area contributed by atoms with Gasteiger partial charge in [0.05, 0.1) is 17.5 Å². The highest BCUT2D eigenvalue weighted by atomic mass is 79.9. The molecule has 0 saturated heterocycles. The molecule has 1 N–H and O–H groups in total. The molecule has 0 saturated carbocycles. The summed E-state index contributed by atoms with van der Waals surface area (Å²) in [7, 11) is 1.62. The fourth-order valence-electron chi connectivity index (χ4n) is 1.67. The molecule has 4 heteroatoms. The number of ether oxygens (including phenoxy) is 1. The first kappa shape index (κ1) is 14.0. The second-order valence-electron chi connectivity index (χ2n) is 4.34. The van der Waals surface area contributed by atoms with Gasteiger partial charge in [-0.2, -0.15) is 0 Å². The highest BCUT2D eigenvalue weighted by Crippen LogP contribution is 2.36. The zero-order valence-electron chi connectivity index (χ0n) is 10.5.